The van der Waals surface area contributed by atoms with E-state index in [1.807, 2.05) is 18.2 Å². The highest BCUT2D eigenvalue weighted by Crippen LogP contribution is 2.37. The Hall–Kier alpha value is -3.88. The summed E-state index contributed by atoms with van der Waals surface area (Å²) in [4.78, 5) is 16.1. The van der Waals surface area contributed by atoms with Gasteiger partial charge in [0.25, 0.3) is 0 Å². The normalized spacial score (nSPS) is 17.2. The van der Waals surface area contributed by atoms with Gasteiger partial charge in [-0.3, -0.25) is 4.79 Å². The maximum atomic E-state index is 11.0. The SMILES string of the molecule is CCCCCCc1nc(C2CCC(CCC(=O)O)CC2)n(Cc2ccc(-c3ccccc3-c3nnn[nH]3)cc2)n1. The van der Waals surface area contributed by atoms with Crippen LogP contribution in [-0.4, -0.2) is 46.5 Å². The molecule has 2 aromatic heterocycles. The third-order valence-corrected chi connectivity index (χ3v) is 8.10. The van der Waals surface area contributed by atoms with Crippen LogP contribution in [0, 0.1) is 5.92 Å². The molecule has 9 nitrogen and oxygen atoms in total. The Morgan fingerprint density at radius 2 is 1.77 bits per heavy atom. The molecule has 40 heavy (non-hydrogen) atoms. The molecule has 0 unspecified atom stereocenters. The summed E-state index contributed by atoms with van der Waals surface area (Å²) in [6.45, 7) is 2.91. The minimum atomic E-state index is -0.695. The highest BCUT2D eigenvalue weighted by atomic mass is 16.4. The number of carboxylic acid groups (broad SMARTS) is 1. The third-order valence-electron chi connectivity index (χ3n) is 8.10. The lowest BCUT2D eigenvalue weighted by molar-refractivity contribution is -0.137. The second-order valence-electron chi connectivity index (χ2n) is 11.0. The number of carbonyl (C=O) groups is 1. The Bertz CT molecular complexity index is 1360. The van der Waals surface area contributed by atoms with Crippen LogP contribution < -0.4 is 0 Å². The smallest absolute Gasteiger partial charge is 0.303 e. The van der Waals surface area contributed by atoms with Crippen molar-refractivity contribution in [3.63, 3.8) is 0 Å². The molecule has 1 aliphatic rings. The first kappa shape index (κ1) is 27.7. The Morgan fingerprint density at radius 1 is 1.00 bits per heavy atom. The van der Waals surface area contributed by atoms with Gasteiger partial charge in [-0.1, -0.05) is 74.7 Å². The first-order chi connectivity index (χ1) is 19.6. The van der Waals surface area contributed by atoms with Crippen LogP contribution in [-0.2, 0) is 17.8 Å². The largest absolute Gasteiger partial charge is 0.481 e. The number of aryl methyl sites for hydroxylation is 1. The van der Waals surface area contributed by atoms with Crippen molar-refractivity contribution in [2.45, 2.75) is 90.0 Å². The predicted octanol–water partition coefficient (Wildman–Crippen LogP) is 6.43. The number of nitrogens with zero attached hydrogens (tertiary/aromatic N) is 6. The van der Waals surface area contributed by atoms with Crippen LogP contribution in [0.1, 0.15) is 94.3 Å². The van der Waals surface area contributed by atoms with Gasteiger partial charge in [-0.05, 0) is 71.6 Å². The highest BCUT2D eigenvalue weighted by molar-refractivity contribution is 5.80. The van der Waals surface area contributed by atoms with Crippen LogP contribution in [0.2, 0.25) is 0 Å². The van der Waals surface area contributed by atoms with Crippen molar-refractivity contribution >= 4 is 5.97 Å². The number of benzene rings is 2. The van der Waals surface area contributed by atoms with E-state index in [0.717, 1.165) is 73.3 Å². The second kappa shape index (κ2) is 13.5. The van der Waals surface area contributed by atoms with Gasteiger partial charge in [0.1, 0.15) is 5.82 Å². The molecule has 2 N–H and O–H groups in total. The number of aromatic nitrogens is 7. The van der Waals surface area contributed by atoms with E-state index in [4.69, 9.17) is 15.2 Å². The van der Waals surface area contributed by atoms with E-state index in [1.165, 1.54) is 24.8 Å². The number of rotatable bonds is 13. The summed E-state index contributed by atoms with van der Waals surface area (Å²) >= 11 is 0. The molecule has 2 heterocycles. The summed E-state index contributed by atoms with van der Waals surface area (Å²) in [5.74, 6) is 2.87. The van der Waals surface area contributed by atoms with Crippen molar-refractivity contribution in [1.82, 2.24) is 35.4 Å². The standard InChI is InChI=1S/C31H39N7O2/c1-2-3-4-5-10-28-32-31(25-18-11-22(12-19-25)15-20-29(39)40)38(35-28)21-23-13-16-24(17-14-23)26-8-6-7-9-27(26)30-33-36-37-34-30/h6-9,13-14,16-17,22,25H,2-5,10-12,15,18-21H2,1H3,(H,39,40)(H,33,34,36,37). The zero-order valence-corrected chi connectivity index (χ0v) is 23.3. The van der Waals surface area contributed by atoms with Gasteiger partial charge in [-0.25, -0.2) is 14.8 Å². The van der Waals surface area contributed by atoms with Gasteiger partial charge in [0, 0.05) is 24.3 Å². The average molecular weight is 542 g/mol. The van der Waals surface area contributed by atoms with Crippen molar-refractivity contribution in [3.05, 3.63) is 65.7 Å². The Morgan fingerprint density at radius 3 is 2.48 bits per heavy atom. The minimum absolute atomic E-state index is 0.267. The van der Waals surface area contributed by atoms with Gasteiger partial charge in [-0.2, -0.15) is 5.10 Å². The molecule has 1 saturated carbocycles. The zero-order chi connectivity index (χ0) is 27.7. The predicted molar refractivity (Wildman–Crippen MR) is 154 cm³/mol. The fourth-order valence-corrected chi connectivity index (χ4v) is 5.85. The van der Waals surface area contributed by atoms with Crippen molar-refractivity contribution in [2.24, 2.45) is 5.92 Å². The fraction of sp³-hybridized carbons (Fsp3) is 0.484. The van der Waals surface area contributed by atoms with Crippen LogP contribution in [0.5, 0.6) is 0 Å². The van der Waals surface area contributed by atoms with Crippen LogP contribution in [0.3, 0.4) is 0 Å². The second-order valence-corrected chi connectivity index (χ2v) is 11.0. The molecule has 0 spiro atoms. The number of carboxylic acids is 1. The first-order valence-electron chi connectivity index (χ1n) is 14.7. The summed E-state index contributed by atoms with van der Waals surface area (Å²) in [6, 6.07) is 16.7. The van der Waals surface area contributed by atoms with E-state index < -0.39 is 5.97 Å². The van der Waals surface area contributed by atoms with E-state index in [0.29, 0.717) is 24.2 Å². The number of hydrogen-bond donors (Lipinski definition) is 2. The third kappa shape index (κ3) is 7.00. The Balaban J connectivity index is 1.32. The molecule has 0 radical (unpaired) electrons. The van der Waals surface area contributed by atoms with Crippen LogP contribution >= 0.6 is 0 Å². The summed E-state index contributed by atoms with van der Waals surface area (Å²) in [5.41, 5.74) is 4.32. The molecule has 2 aromatic carbocycles. The molecular weight excluding hydrogens is 502 g/mol. The number of H-pyrrole nitrogens is 1. The monoisotopic (exact) mass is 541 g/mol. The van der Waals surface area contributed by atoms with Crippen molar-refractivity contribution in [3.8, 4) is 22.5 Å². The lowest BCUT2D eigenvalue weighted by atomic mass is 9.79. The summed E-state index contributed by atoms with van der Waals surface area (Å²) < 4.78 is 2.13. The molecule has 1 fully saturated rings. The van der Waals surface area contributed by atoms with E-state index in [2.05, 4.69) is 62.6 Å². The van der Waals surface area contributed by atoms with Gasteiger partial charge < -0.3 is 5.11 Å². The number of tetrazole rings is 1. The molecule has 0 saturated heterocycles. The Kier molecular flexibility index (Phi) is 9.31. The lowest BCUT2D eigenvalue weighted by Gasteiger charge is -2.27. The molecule has 0 bridgehead atoms. The first-order valence-corrected chi connectivity index (χ1v) is 14.7. The van der Waals surface area contributed by atoms with Gasteiger partial charge in [-0.15, -0.1) is 5.10 Å². The molecule has 0 amide bonds. The van der Waals surface area contributed by atoms with Crippen molar-refractivity contribution in [1.29, 1.82) is 0 Å². The highest BCUT2D eigenvalue weighted by Gasteiger charge is 2.27. The van der Waals surface area contributed by atoms with Gasteiger partial charge in [0.15, 0.2) is 11.6 Å². The van der Waals surface area contributed by atoms with Gasteiger partial charge in [0.05, 0.1) is 6.54 Å². The molecule has 4 aromatic rings. The van der Waals surface area contributed by atoms with E-state index in [9.17, 15) is 4.79 Å². The summed E-state index contributed by atoms with van der Waals surface area (Å²) in [5, 5.41) is 28.5. The van der Waals surface area contributed by atoms with Crippen LogP contribution in [0.25, 0.3) is 22.5 Å². The molecule has 210 valence electrons. The lowest BCUT2D eigenvalue weighted by Crippen LogP contribution is -2.18. The van der Waals surface area contributed by atoms with Gasteiger partial charge in [0.2, 0.25) is 0 Å². The number of aromatic amines is 1. The van der Waals surface area contributed by atoms with E-state index in [1.54, 1.807) is 0 Å². The number of aliphatic carboxylic acids is 1. The molecule has 0 atom stereocenters. The average Bonchev–Trinajstić information content (AvgIpc) is 3.66. The number of nitrogens with one attached hydrogen (secondary N) is 1. The molecule has 0 aliphatic heterocycles. The number of hydrogen-bond acceptors (Lipinski definition) is 6. The number of unbranched alkanes of at least 4 members (excludes halogenated alkanes) is 3. The quantitative estimate of drug-likeness (QED) is 0.187. The molecule has 9 heteroatoms. The summed E-state index contributed by atoms with van der Waals surface area (Å²) in [7, 11) is 0. The van der Waals surface area contributed by atoms with E-state index >= 15 is 0 Å². The topological polar surface area (TPSA) is 122 Å². The molecule has 1 aliphatic carbocycles. The van der Waals surface area contributed by atoms with Gasteiger partial charge >= 0.3 is 5.97 Å². The molecule has 5 rings (SSSR count). The molecular formula is C31H39N7O2. The summed E-state index contributed by atoms with van der Waals surface area (Å²) in [6.07, 6.45) is 11.0. The maximum absolute atomic E-state index is 11.0. The fourth-order valence-electron chi connectivity index (χ4n) is 5.85. The van der Waals surface area contributed by atoms with Crippen molar-refractivity contribution in [2.75, 3.05) is 0 Å². The zero-order valence-electron chi connectivity index (χ0n) is 23.3. The van der Waals surface area contributed by atoms with E-state index in [-0.39, 0.29) is 6.42 Å². The van der Waals surface area contributed by atoms with Crippen LogP contribution in [0.4, 0.5) is 0 Å². The van der Waals surface area contributed by atoms with Crippen LogP contribution in [0.15, 0.2) is 48.5 Å². The Labute approximate surface area is 235 Å². The minimum Gasteiger partial charge on any atom is -0.481 e. The van der Waals surface area contributed by atoms with Crippen molar-refractivity contribution < 1.29 is 9.90 Å². The maximum Gasteiger partial charge on any atom is 0.303 e.